The predicted octanol–water partition coefficient (Wildman–Crippen LogP) is 5.17. The maximum Gasteiger partial charge on any atom is 0.435 e. The summed E-state index contributed by atoms with van der Waals surface area (Å²) in [4.78, 5) is 0.159. The SMILES string of the molecule is C=C(C)c1ccc(-n2nc(C(F)(F)F)cc2-c2ccc(S(=O)O)cc2)cc1. The van der Waals surface area contributed by atoms with Gasteiger partial charge in [0.25, 0.3) is 0 Å². The molecule has 3 rings (SSSR count). The first kappa shape index (κ1) is 19.1. The summed E-state index contributed by atoms with van der Waals surface area (Å²) in [6, 6.07) is 13.6. The van der Waals surface area contributed by atoms with Crippen molar-refractivity contribution in [1.29, 1.82) is 0 Å². The number of allylic oxidation sites excluding steroid dienone is 1. The smallest absolute Gasteiger partial charge is 0.302 e. The quantitative estimate of drug-likeness (QED) is 0.623. The number of nitrogens with zero attached hydrogens (tertiary/aromatic N) is 2. The zero-order chi connectivity index (χ0) is 19.8. The predicted molar refractivity (Wildman–Crippen MR) is 97.7 cm³/mol. The highest BCUT2D eigenvalue weighted by Gasteiger charge is 2.35. The summed E-state index contributed by atoms with van der Waals surface area (Å²) in [5, 5.41) is 3.72. The second-order valence-corrected chi connectivity index (χ2v) is 6.89. The van der Waals surface area contributed by atoms with E-state index in [-0.39, 0.29) is 10.6 Å². The van der Waals surface area contributed by atoms with Crippen LogP contribution in [0.5, 0.6) is 0 Å². The number of rotatable bonds is 4. The Morgan fingerprint density at radius 2 is 1.70 bits per heavy atom. The molecule has 1 unspecified atom stereocenters. The van der Waals surface area contributed by atoms with Crippen LogP contribution in [-0.4, -0.2) is 18.5 Å². The Morgan fingerprint density at radius 1 is 1.11 bits per heavy atom. The van der Waals surface area contributed by atoms with Crippen LogP contribution < -0.4 is 0 Å². The molecule has 0 bridgehead atoms. The Morgan fingerprint density at radius 3 is 2.19 bits per heavy atom. The van der Waals surface area contributed by atoms with Crippen molar-refractivity contribution in [2.45, 2.75) is 18.0 Å². The highest BCUT2D eigenvalue weighted by Crippen LogP contribution is 2.33. The molecule has 8 heteroatoms. The van der Waals surface area contributed by atoms with Gasteiger partial charge < -0.3 is 4.55 Å². The minimum atomic E-state index is -4.59. The monoisotopic (exact) mass is 392 g/mol. The van der Waals surface area contributed by atoms with Crippen LogP contribution in [0.1, 0.15) is 18.2 Å². The van der Waals surface area contributed by atoms with Gasteiger partial charge in [-0.1, -0.05) is 36.4 Å². The van der Waals surface area contributed by atoms with Crippen molar-refractivity contribution in [1.82, 2.24) is 9.78 Å². The summed E-state index contributed by atoms with van der Waals surface area (Å²) in [5.41, 5.74) is 1.82. The summed E-state index contributed by atoms with van der Waals surface area (Å²) < 4.78 is 61.0. The van der Waals surface area contributed by atoms with Crippen LogP contribution in [0.25, 0.3) is 22.5 Å². The van der Waals surface area contributed by atoms with E-state index in [9.17, 15) is 17.4 Å². The zero-order valence-corrected chi connectivity index (χ0v) is 15.0. The van der Waals surface area contributed by atoms with Crippen molar-refractivity contribution in [2.24, 2.45) is 0 Å². The molecule has 4 nitrogen and oxygen atoms in total. The first-order valence-corrected chi connectivity index (χ1v) is 8.92. The van der Waals surface area contributed by atoms with Gasteiger partial charge >= 0.3 is 6.18 Å². The molecule has 1 aromatic heterocycles. The molecule has 3 aromatic rings. The van der Waals surface area contributed by atoms with Gasteiger partial charge in [-0.25, -0.2) is 8.89 Å². The van der Waals surface area contributed by atoms with Gasteiger partial charge in [-0.2, -0.15) is 18.3 Å². The van der Waals surface area contributed by atoms with E-state index in [1.807, 2.05) is 6.92 Å². The number of halogens is 3. The van der Waals surface area contributed by atoms with Crippen LogP contribution >= 0.6 is 0 Å². The Kier molecular flexibility index (Phi) is 5.03. The van der Waals surface area contributed by atoms with Crippen molar-refractivity contribution in [3.63, 3.8) is 0 Å². The molecule has 0 radical (unpaired) electrons. The van der Waals surface area contributed by atoms with E-state index in [1.165, 1.54) is 28.9 Å². The van der Waals surface area contributed by atoms with Gasteiger partial charge in [-0.05, 0) is 42.8 Å². The second-order valence-electron chi connectivity index (χ2n) is 5.93. The Bertz CT molecular complexity index is 932. The van der Waals surface area contributed by atoms with Crippen molar-refractivity contribution in [3.8, 4) is 16.9 Å². The van der Waals surface area contributed by atoms with Gasteiger partial charge in [0.15, 0.2) is 16.8 Å². The van der Waals surface area contributed by atoms with E-state index < -0.39 is 23.0 Å². The van der Waals surface area contributed by atoms with Crippen LogP contribution in [0.15, 0.2) is 66.1 Å². The van der Waals surface area contributed by atoms with Gasteiger partial charge in [-0.3, -0.25) is 0 Å². The number of alkyl halides is 3. The first-order valence-electron chi connectivity index (χ1n) is 7.81. The van der Waals surface area contributed by atoms with Gasteiger partial charge in [-0.15, -0.1) is 0 Å². The third-order valence-corrected chi connectivity index (χ3v) is 4.63. The lowest BCUT2D eigenvalue weighted by molar-refractivity contribution is -0.141. The molecular formula is C19H15F3N2O2S. The average Bonchev–Trinajstić information content (AvgIpc) is 3.07. The van der Waals surface area contributed by atoms with E-state index in [0.29, 0.717) is 11.3 Å². The molecule has 0 aliphatic rings. The number of hydrogen-bond donors (Lipinski definition) is 1. The maximum absolute atomic E-state index is 13.2. The molecule has 2 aromatic carbocycles. The first-order chi connectivity index (χ1) is 12.7. The Balaban J connectivity index is 2.13. The summed E-state index contributed by atoms with van der Waals surface area (Å²) in [5.74, 6) is 0. The zero-order valence-electron chi connectivity index (χ0n) is 14.2. The lowest BCUT2D eigenvalue weighted by atomic mass is 10.1. The standard InChI is InChI=1S/C19H15F3N2O2S/c1-12(2)13-3-7-15(8-4-13)24-17(11-18(23-24)19(20,21)22)14-5-9-16(10-6-14)27(25)26/h3-11H,1H2,2H3,(H,25,26). The molecule has 1 heterocycles. The van der Waals surface area contributed by atoms with Gasteiger partial charge in [0.05, 0.1) is 16.3 Å². The van der Waals surface area contributed by atoms with Gasteiger partial charge in [0, 0.05) is 5.56 Å². The van der Waals surface area contributed by atoms with Crippen molar-refractivity contribution in [2.75, 3.05) is 0 Å². The number of benzene rings is 2. The third kappa shape index (κ3) is 4.01. The normalized spacial score (nSPS) is 12.8. The fraction of sp³-hybridized carbons (Fsp3) is 0.105. The molecule has 0 aliphatic heterocycles. The summed E-state index contributed by atoms with van der Waals surface area (Å²) >= 11 is -2.16. The molecular weight excluding hydrogens is 377 g/mol. The third-order valence-electron chi connectivity index (χ3n) is 3.96. The average molecular weight is 392 g/mol. The Hall–Kier alpha value is -2.71. The van der Waals surface area contributed by atoms with Crippen LogP contribution in [-0.2, 0) is 17.3 Å². The molecule has 0 spiro atoms. The molecule has 0 saturated carbocycles. The lowest BCUT2D eigenvalue weighted by Crippen LogP contribution is -2.07. The van der Waals surface area contributed by atoms with E-state index in [2.05, 4.69) is 11.7 Å². The highest BCUT2D eigenvalue weighted by molar-refractivity contribution is 7.79. The van der Waals surface area contributed by atoms with Crippen molar-refractivity contribution < 1.29 is 21.9 Å². The minimum absolute atomic E-state index is 0.159. The van der Waals surface area contributed by atoms with Crippen molar-refractivity contribution >= 4 is 16.7 Å². The summed E-state index contributed by atoms with van der Waals surface area (Å²) in [6.07, 6.45) is -4.59. The van der Waals surface area contributed by atoms with Crippen molar-refractivity contribution in [3.05, 3.63) is 72.4 Å². The molecule has 1 atom stereocenters. The number of hydrogen-bond acceptors (Lipinski definition) is 2. The maximum atomic E-state index is 13.2. The van der Waals surface area contributed by atoms with E-state index >= 15 is 0 Å². The summed E-state index contributed by atoms with van der Waals surface area (Å²) in [6.45, 7) is 5.67. The molecule has 140 valence electrons. The van der Waals surface area contributed by atoms with E-state index in [0.717, 1.165) is 17.2 Å². The lowest BCUT2D eigenvalue weighted by Gasteiger charge is -2.09. The summed E-state index contributed by atoms with van der Waals surface area (Å²) in [7, 11) is 0. The van der Waals surface area contributed by atoms with Gasteiger partial charge in [0.2, 0.25) is 0 Å². The second kappa shape index (κ2) is 7.13. The molecule has 27 heavy (non-hydrogen) atoms. The highest BCUT2D eigenvalue weighted by atomic mass is 32.2. The number of aromatic nitrogens is 2. The van der Waals surface area contributed by atoms with E-state index in [1.54, 1.807) is 24.3 Å². The molecule has 0 amide bonds. The largest absolute Gasteiger partial charge is 0.435 e. The molecule has 0 saturated heterocycles. The fourth-order valence-corrected chi connectivity index (χ4v) is 2.92. The molecule has 0 fully saturated rings. The van der Waals surface area contributed by atoms with Crippen LogP contribution in [0.4, 0.5) is 13.2 Å². The fourth-order valence-electron chi connectivity index (χ4n) is 2.55. The Labute approximate surface area is 156 Å². The molecule has 0 aliphatic carbocycles. The van der Waals surface area contributed by atoms with Crippen LogP contribution in [0.3, 0.4) is 0 Å². The minimum Gasteiger partial charge on any atom is -0.302 e. The molecule has 1 N–H and O–H groups in total. The van der Waals surface area contributed by atoms with Gasteiger partial charge in [0.1, 0.15) is 0 Å². The topological polar surface area (TPSA) is 55.1 Å². The van der Waals surface area contributed by atoms with Crippen LogP contribution in [0, 0.1) is 0 Å². The van der Waals surface area contributed by atoms with Crippen LogP contribution in [0.2, 0.25) is 0 Å². The van der Waals surface area contributed by atoms with E-state index in [4.69, 9.17) is 4.55 Å².